The minimum Gasteiger partial charge on any atom is -0.478 e. The molecule has 0 bridgehead atoms. The highest BCUT2D eigenvalue weighted by Crippen LogP contribution is 2.20. The summed E-state index contributed by atoms with van der Waals surface area (Å²) >= 11 is 0. The van der Waals surface area contributed by atoms with Crippen LogP contribution in [0.25, 0.3) is 0 Å². The summed E-state index contributed by atoms with van der Waals surface area (Å²) < 4.78 is 39.0. The van der Waals surface area contributed by atoms with Crippen molar-refractivity contribution in [2.24, 2.45) is 5.92 Å². The van der Waals surface area contributed by atoms with Crippen LogP contribution < -0.4 is 0 Å². The van der Waals surface area contributed by atoms with Crippen molar-refractivity contribution in [1.82, 2.24) is 4.31 Å². The zero-order chi connectivity index (χ0) is 14.8. The molecule has 19 heavy (non-hydrogen) atoms. The van der Waals surface area contributed by atoms with Crippen molar-refractivity contribution in [2.75, 3.05) is 13.6 Å². The van der Waals surface area contributed by atoms with Crippen molar-refractivity contribution in [3.05, 3.63) is 29.6 Å². The summed E-state index contributed by atoms with van der Waals surface area (Å²) in [7, 11) is -2.58. The minimum atomic E-state index is -3.94. The molecule has 0 aliphatic carbocycles. The first-order valence-electron chi connectivity index (χ1n) is 5.65. The van der Waals surface area contributed by atoms with Gasteiger partial charge in [-0.15, -0.1) is 0 Å². The Morgan fingerprint density at radius 2 is 2.00 bits per heavy atom. The van der Waals surface area contributed by atoms with Crippen molar-refractivity contribution >= 4 is 16.0 Å². The van der Waals surface area contributed by atoms with Gasteiger partial charge in [0.05, 0.1) is 5.56 Å². The van der Waals surface area contributed by atoms with Crippen molar-refractivity contribution < 1.29 is 22.7 Å². The molecule has 0 radical (unpaired) electrons. The van der Waals surface area contributed by atoms with Gasteiger partial charge < -0.3 is 5.11 Å². The van der Waals surface area contributed by atoms with Crippen molar-refractivity contribution in [1.29, 1.82) is 0 Å². The van der Waals surface area contributed by atoms with Gasteiger partial charge in [-0.1, -0.05) is 13.8 Å². The van der Waals surface area contributed by atoms with Gasteiger partial charge in [0, 0.05) is 13.6 Å². The summed E-state index contributed by atoms with van der Waals surface area (Å²) in [4.78, 5) is 10.2. The summed E-state index contributed by atoms with van der Waals surface area (Å²) in [5.74, 6) is -2.27. The summed E-state index contributed by atoms with van der Waals surface area (Å²) in [5, 5.41) is 8.70. The molecule has 1 aromatic rings. The van der Waals surface area contributed by atoms with E-state index in [0.29, 0.717) is 6.07 Å². The summed E-state index contributed by atoms with van der Waals surface area (Å²) in [6.07, 6.45) is 0. The van der Waals surface area contributed by atoms with Gasteiger partial charge in [0.2, 0.25) is 10.0 Å². The number of halogens is 1. The maximum Gasteiger partial charge on any atom is 0.335 e. The largest absolute Gasteiger partial charge is 0.478 e. The highest BCUT2D eigenvalue weighted by atomic mass is 32.2. The molecule has 0 amide bonds. The molecule has 0 heterocycles. The van der Waals surface area contributed by atoms with E-state index in [0.717, 1.165) is 16.4 Å². The quantitative estimate of drug-likeness (QED) is 0.897. The lowest BCUT2D eigenvalue weighted by Crippen LogP contribution is -2.31. The van der Waals surface area contributed by atoms with Crippen LogP contribution in [0.3, 0.4) is 0 Å². The van der Waals surface area contributed by atoms with Gasteiger partial charge >= 0.3 is 5.97 Å². The zero-order valence-corrected chi connectivity index (χ0v) is 11.7. The highest BCUT2D eigenvalue weighted by Gasteiger charge is 2.25. The third-order valence-corrected chi connectivity index (χ3v) is 4.35. The number of aromatic carboxylic acids is 1. The van der Waals surface area contributed by atoms with Crippen LogP contribution in [0.4, 0.5) is 4.39 Å². The van der Waals surface area contributed by atoms with E-state index in [1.807, 2.05) is 13.8 Å². The van der Waals surface area contributed by atoms with E-state index in [1.165, 1.54) is 7.05 Å². The molecule has 0 spiro atoms. The van der Waals surface area contributed by atoms with Gasteiger partial charge in [-0.25, -0.2) is 21.9 Å². The number of carbonyl (C=O) groups is 1. The van der Waals surface area contributed by atoms with E-state index >= 15 is 0 Å². The monoisotopic (exact) mass is 289 g/mol. The van der Waals surface area contributed by atoms with Gasteiger partial charge in [-0.05, 0) is 24.1 Å². The molecular formula is C12H16FNO4S. The standard InChI is InChI=1S/C12H16FNO4S/c1-8(2)7-14(3)19(17,18)11-5-4-9(12(15)16)6-10(11)13/h4-6,8H,7H2,1-3H3,(H,15,16). The van der Waals surface area contributed by atoms with E-state index in [4.69, 9.17) is 5.11 Å². The fourth-order valence-corrected chi connectivity index (χ4v) is 3.00. The molecule has 5 nitrogen and oxygen atoms in total. The van der Waals surface area contributed by atoms with Gasteiger partial charge in [-0.2, -0.15) is 0 Å². The first-order valence-corrected chi connectivity index (χ1v) is 7.09. The van der Waals surface area contributed by atoms with Crippen LogP contribution in [0.1, 0.15) is 24.2 Å². The van der Waals surface area contributed by atoms with Crippen LogP contribution in [0.2, 0.25) is 0 Å². The van der Waals surface area contributed by atoms with Gasteiger partial charge in [-0.3, -0.25) is 0 Å². The molecule has 1 N–H and O–H groups in total. The number of benzene rings is 1. The number of hydrogen-bond acceptors (Lipinski definition) is 3. The number of hydrogen-bond donors (Lipinski definition) is 1. The third-order valence-electron chi connectivity index (χ3n) is 2.49. The molecule has 0 aromatic heterocycles. The fourth-order valence-electron chi connectivity index (χ4n) is 1.62. The first kappa shape index (κ1) is 15.6. The Bertz CT molecular complexity index is 583. The van der Waals surface area contributed by atoms with Gasteiger partial charge in [0.25, 0.3) is 0 Å². The van der Waals surface area contributed by atoms with Crippen molar-refractivity contribution in [2.45, 2.75) is 18.7 Å². The van der Waals surface area contributed by atoms with Crippen LogP contribution in [0, 0.1) is 11.7 Å². The van der Waals surface area contributed by atoms with E-state index in [1.54, 1.807) is 0 Å². The Labute approximate surface area is 111 Å². The van der Waals surface area contributed by atoms with E-state index in [2.05, 4.69) is 0 Å². The molecule has 0 atom stereocenters. The lowest BCUT2D eigenvalue weighted by molar-refractivity contribution is 0.0696. The van der Waals surface area contributed by atoms with Gasteiger partial charge in [0.15, 0.2) is 0 Å². The Hall–Kier alpha value is -1.47. The van der Waals surface area contributed by atoms with Crippen LogP contribution in [-0.4, -0.2) is 37.4 Å². The predicted octanol–water partition coefficient (Wildman–Crippen LogP) is 1.80. The zero-order valence-electron chi connectivity index (χ0n) is 10.9. The Balaban J connectivity index is 3.19. The van der Waals surface area contributed by atoms with E-state index in [-0.39, 0.29) is 18.0 Å². The molecule has 0 saturated carbocycles. The van der Waals surface area contributed by atoms with Gasteiger partial charge in [0.1, 0.15) is 10.7 Å². The molecule has 0 fully saturated rings. The average molecular weight is 289 g/mol. The second-order valence-corrected chi connectivity index (χ2v) is 6.64. The number of carboxylic acid groups (broad SMARTS) is 1. The topological polar surface area (TPSA) is 74.7 Å². The lowest BCUT2D eigenvalue weighted by atomic mass is 10.2. The fraction of sp³-hybridized carbons (Fsp3) is 0.417. The number of rotatable bonds is 5. The minimum absolute atomic E-state index is 0.0983. The smallest absolute Gasteiger partial charge is 0.335 e. The maximum absolute atomic E-state index is 13.7. The molecule has 0 unspecified atom stereocenters. The normalized spacial score (nSPS) is 12.1. The van der Waals surface area contributed by atoms with E-state index in [9.17, 15) is 17.6 Å². The molecule has 1 rings (SSSR count). The number of carboxylic acids is 1. The Kier molecular flexibility index (Phi) is 4.65. The first-order chi connectivity index (χ1) is 8.66. The Morgan fingerprint density at radius 1 is 1.42 bits per heavy atom. The molecule has 106 valence electrons. The van der Waals surface area contributed by atoms with Crippen molar-refractivity contribution in [3.63, 3.8) is 0 Å². The maximum atomic E-state index is 13.7. The van der Waals surface area contributed by atoms with Crippen LogP contribution >= 0.6 is 0 Å². The molecule has 1 aromatic carbocycles. The molecule has 0 aliphatic rings. The number of sulfonamides is 1. The number of nitrogens with zero attached hydrogens (tertiary/aromatic N) is 1. The molecule has 0 saturated heterocycles. The molecule has 0 aliphatic heterocycles. The second-order valence-electron chi connectivity index (χ2n) is 4.63. The predicted molar refractivity (Wildman–Crippen MR) is 68.0 cm³/mol. The SMILES string of the molecule is CC(C)CN(C)S(=O)(=O)c1ccc(C(=O)O)cc1F. The molecule has 7 heteroatoms. The highest BCUT2D eigenvalue weighted by molar-refractivity contribution is 7.89. The van der Waals surface area contributed by atoms with E-state index < -0.39 is 26.7 Å². The Morgan fingerprint density at radius 3 is 2.42 bits per heavy atom. The second kappa shape index (κ2) is 5.66. The summed E-state index contributed by atoms with van der Waals surface area (Å²) in [6.45, 7) is 3.94. The average Bonchev–Trinajstić information content (AvgIpc) is 2.27. The van der Waals surface area contributed by atoms with Crippen LogP contribution in [0.15, 0.2) is 23.1 Å². The van der Waals surface area contributed by atoms with Crippen LogP contribution in [-0.2, 0) is 10.0 Å². The third kappa shape index (κ3) is 3.51. The molecular weight excluding hydrogens is 273 g/mol. The lowest BCUT2D eigenvalue weighted by Gasteiger charge is -2.19. The summed E-state index contributed by atoms with van der Waals surface area (Å²) in [5.41, 5.74) is -0.289. The van der Waals surface area contributed by atoms with Crippen molar-refractivity contribution in [3.8, 4) is 0 Å². The summed E-state index contributed by atoms with van der Waals surface area (Å²) in [6, 6.07) is 2.75. The van der Waals surface area contributed by atoms with Crippen LogP contribution in [0.5, 0.6) is 0 Å².